The minimum absolute atomic E-state index is 0. The molecular formula is C11H19ClN2O. The maximum atomic E-state index is 12.1. The Morgan fingerprint density at radius 1 is 1.40 bits per heavy atom. The Balaban J connectivity index is 0.000000853. The second-order valence-electron chi connectivity index (χ2n) is 5.08. The number of nitrogens with zero attached hydrogens (tertiary/aromatic N) is 1. The molecule has 0 aromatic rings. The topological polar surface area (TPSA) is 32.3 Å². The summed E-state index contributed by atoms with van der Waals surface area (Å²) in [5.74, 6) is 1.18. The highest BCUT2D eigenvalue weighted by Crippen LogP contribution is 2.41. The summed E-state index contributed by atoms with van der Waals surface area (Å²) < 4.78 is 0. The second kappa shape index (κ2) is 3.95. The monoisotopic (exact) mass is 230 g/mol. The molecule has 0 aromatic heterocycles. The second-order valence-corrected chi connectivity index (χ2v) is 5.08. The van der Waals surface area contributed by atoms with E-state index in [9.17, 15) is 4.79 Å². The van der Waals surface area contributed by atoms with Crippen molar-refractivity contribution < 1.29 is 4.79 Å². The first-order chi connectivity index (χ1) is 6.75. The minimum Gasteiger partial charge on any atom is -0.339 e. The van der Waals surface area contributed by atoms with Crippen LogP contribution in [0.1, 0.15) is 32.6 Å². The van der Waals surface area contributed by atoms with Crippen molar-refractivity contribution in [2.75, 3.05) is 6.54 Å². The molecule has 4 heteroatoms. The number of carbonyl (C=O) groups is 1. The van der Waals surface area contributed by atoms with Gasteiger partial charge in [-0.3, -0.25) is 4.79 Å². The van der Waals surface area contributed by atoms with Gasteiger partial charge in [0.2, 0.25) is 5.91 Å². The number of halogens is 1. The van der Waals surface area contributed by atoms with E-state index in [0.29, 0.717) is 18.0 Å². The molecule has 1 aliphatic carbocycles. The predicted octanol–water partition coefficient (Wildman–Crippen LogP) is 1.17. The molecule has 86 valence electrons. The standard InChI is InChI=1S/C11H18N2O.ClH/c1-7-3-2-4-13(7)11(14)10-6-8-5-9(8)12-10;/h7-10,12H,2-6H2,1H3;1H/t7?,8-,9-,10-;/m0./s1. The van der Waals surface area contributed by atoms with Gasteiger partial charge in [0.15, 0.2) is 0 Å². The van der Waals surface area contributed by atoms with Crippen LogP contribution >= 0.6 is 12.4 Å². The molecule has 2 heterocycles. The van der Waals surface area contributed by atoms with Crippen molar-refractivity contribution in [3.05, 3.63) is 0 Å². The van der Waals surface area contributed by atoms with Gasteiger partial charge in [0, 0.05) is 18.6 Å². The lowest BCUT2D eigenvalue weighted by Crippen LogP contribution is -2.46. The lowest BCUT2D eigenvalue weighted by molar-refractivity contribution is -0.133. The molecular weight excluding hydrogens is 212 g/mol. The highest BCUT2D eigenvalue weighted by molar-refractivity contribution is 5.85. The molecule has 3 nitrogen and oxygen atoms in total. The van der Waals surface area contributed by atoms with E-state index in [0.717, 1.165) is 18.9 Å². The van der Waals surface area contributed by atoms with E-state index < -0.39 is 0 Å². The molecule has 4 atom stereocenters. The maximum absolute atomic E-state index is 12.1. The summed E-state index contributed by atoms with van der Waals surface area (Å²) in [6.07, 6.45) is 4.77. The van der Waals surface area contributed by atoms with Gasteiger partial charge in [-0.2, -0.15) is 0 Å². The van der Waals surface area contributed by atoms with E-state index >= 15 is 0 Å². The SMILES string of the molecule is CC1CCCN1C(=O)[C@@H]1C[C@@H]2C[C@@H]2N1.Cl. The zero-order valence-electron chi connectivity index (χ0n) is 9.11. The van der Waals surface area contributed by atoms with E-state index in [4.69, 9.17) is 0 Å². The van der Waals surface area contributed by atoms with Crippen molar-refractivity contribution in [1.29, 1.82) is 0 Å². The third-order valence-electron chi connectivity index (χ3n) is 4.01. The van der Waals surface area contributed by atoms with Crippen LogP contribution in [0.2, 0.25) is 0 Å². The quantitative estimate of drug-likeness (QED) is 0.734. The molecule has 3 fully saturated rings. The number of likely N-dealkylation sites (tertiary alicyclic amines) is 1. The third-order valence-corrected chi connectivity index (χ3v) is 4.01. The number of fused-ring (bicyclic) bond motifs is 1. The highest BCUT2D eigenvalue weighted by Gasteiger charge is 2.49. The van der Waals surface area contributed by atoms with Gasteiger partial charge in [-0.25, -0.2) is 0 Å². The first-order valence-corrected chi connectivity index (χ1v) is 5.82. The van der Waals surface area contributed by atoms with Crippen LogP contribution < -0.4 is 5.32 Å². The van der Waals surface area contributed by atoms with Crippen LogP contribution in [0.4, 0.5) is 0 Å². The summed E-state index contributed by atoms with van der Waals surface area (Å²) in [6, 6.07) is 1.31. The fraction of sp³-hybridized carbons (Fsp3) is 0.909. The Hall–Kier alpha value is -0.280. The average molecular weight is 231 g/mol. The van der Waals surface area contributed by atoms with Gasteiger partial charge in [0.1, 0.15) is 0 Å². The highest BCUT2D eigenvalue weighted by atomic mass is 35.5. The molecule has 3 rings (SSSR count). The zero-order chi connectivity index (χ0) is 9.71. The van der Waals surface area contributed by atoms with Crippen molar-refractivity contribution >= 4 is 18.3 Å². The molecule has 15 heavy (non-hydrogen) atoms. The summed E-state index contributed by atoms with van der Waals surface area (Å²) in [4.78, 5) is 14.2. The van der Waals surface area contributed by atoms with Gasteiger partial charge in [0.05, 0.1) is 6.04 Å². The van der Waals surface area contributed by atoms with Crippen LogP contribution in [-0.4, -0.2) is 35.5 Å². The third kappa shape index (κ3) is 1.87. The van der Waals surface area contributed by atoms with Crippen LogP contribution in [0, 0.1) is 5.92 Å². The molecule has 0 aromatic carbocycles. The Morgan fingerprint density at radius 2 is 2.20 bits per heavy atom. The first kappa shape index (κ1) is 11.2. The predicted molar refractivity (Wildman–Crippen MR) is 61.1 cm³/mol. The maximum Gasteiger partial charge on any atom is 0.239 e. The van der Waals surface area contributed by atoms with Crippen LogP contribution in [0.3, 0.4) is 0 Å². The summed E-state index contributed by atoms with van der Waals surface area (Å²) >= 11 is 0. The molecule has 0 radical (unpaired) electrons. The Bertz CT molecular complexity index is 261. The van der Waals surface area contributed by atoms with Crippen molar-refractivity contribution in [1.82, 2.24) is 10.2 Å². The van der Waals surface area contributed by atoms with E-state index in [1.807, 2.05) is 0 Å². The van der Waals surface area contributed by atoms with Gasteiger partial charge in [-0.15, -0.1) is 12.4 Å². The average Bonchev–Trinajstić information content (AvgIpc) is 2.64. The molecule has 1 unspecified atom stereocenters. The molecule has 1 saturated carbocycles. The van der Waals surface area contributed by atoms with E-state index in [1.54, 1.807) is 0 Å². The van der Waals surface area contributed by atoms with E-state index in [2.05, 4.69) is 17.1 Å². The molecule has 1 amide bonds. The molecule has 3 aliphatic rings. The Labute approximate surface area is 97.0 Å². The molecule has 2 aliphatic heterocycles. The van der Waals surface area contributed by atoms with Gasteiger partial charge >= 0.3 is 0 Å². The molecule has 0 bridgehead atoms. The molecule has 2 saturated heterocycles. The number of hydrogen-bond acceptors (Lipinski definition) is 2. The van der Waals surface area contributed by atoms with Crippen LogP contribution in [0.15, 0.2) is 0 Å². The number of carbonyl (C=O) groups excluding carboxylic acids is 1. The number of amides is 1. The Kier molecular flexibility index (Phi) is 2.95. The van der Waals surface area contributed by atoms with Crippen molar-refractivity contribution in [3.63, 3.8) is 0 Å². The fourth-order valence-electron chi connectivity index (χ4n) is 2.97. The summed E-state index contributed by atoms with van der Waals surface area (Å²) in [6.45, 7) is 3.15. The van der Waals surface area contributed by atoms with E-state index in [-0.39, 0.29) is 18.4 Å². The Morgan fingerprint density at radius 3 is 2.73 bits per heavy atom. The van der Waals surface area contributed by atoms with Gasteiger partial charge < -0.3 is 10.2 Å². The van der Waals surface area contributed by atoms with Crippen LogP contribution in [0.5, 0.6) is 0 Å². The molecule has 0 spiro atoms. The lowest BCUT2D eigenvalue weighted by Gasteiger charge is -2.25. The summed E-state index contributed by atoms with van der Waals surface area (Å²) in [5.41, 5.74) is 0. The van der Waals surface area contributed by atoms with E-state index in [1.165, 1.54) is 19.3 Å². The summed E-state index contributed by atoms with van der Waals surface area (Å²) in [7, 11) is 0. The van der Waals surface area contributed by atoms with Gasteiger partial charge in [0.25, 0.3) is 0 Å². The first-order valence-electron chi connectivity index (χ1n) is 5.82. The van der Waals surface area contributed by atoms with Crippen molar-refractivity contribution in [2.45, 2.75) is 50.7 Å². The lowest BCUT2D eigenvalue weighted by atomic mass is 10.1. The zero-order valence-corrected chi connectivity index (χ0v) is 9.93. The normalized spacial score (nSPS) is 42.3. The van der Waals surface area contributed by atoms with Crippen LogP contribution in [0.25, 0.3) is 0 Å². The van der Waals surface area contributed by atoms with Crippen molar-refractivity contribution in [3.8, 4) is 0 Å². The number of nitrogens with one attached hydrogen (secondary N) is 1. The van der Waals surface area contributed by atoms with Gasteiger partial charge in [-0.05, 0) is 38.5 Å². The smallest absolute Gasteiger partial charge is 0.239 e. The number of hydrogen-bond donors (Lipinski definition) is 1. The number of rotatable bonds is 1. The largest absolute Gasteiger partial charge is 0.339 e. The van der Waals surface area contributed by atoms with Crippen molar-refractivity contribution in [2.24, 2.45) is 5.92 Å². The molecule has 1 N–H and O–H groups in total. The fourth-order valence-corrected chi connectivity index (χ4v) is 2.97. The minimum atomic E-state index is 0. The van der Waals surface area contributed by atoms with Gasteiger partial charge in [-0.1, -0.05) is 0 Å². The number of piperidine rings is 1. The van der Waals surface area contributed by atoms with Crippen LogP contribution in [-0.2, 0) is 4.79 Å². The summed E-state index contributed by atoms with van der Waals surface area (Å²) in [5, 5.41) is 3.43.